The summed E-state index contributed by atoms with van der Waals surface area (Å²) in [7, 11) is 3.42. The number of hydrogen-bond donors (Lipinski definition) is 1. The number of esters is 1. The molecular formula is C11H22N2O2. The van der Waals surface area contributed by atoms with E-state index in [4.69, 9.17) is 5.73 Å². The summed E-state index contributed by atoms with van der Waals surface area (Å²) in [5, 5.41) is 0. The fourth-order valence-corrected chi connectivity index (χ4v) is 2.21. The Morgan fingerprint density at radius 2 is 2.07 bits per heavy atom. The van der Waals surface area contributed by atoms with Gasteiger partial charge >= 0.3 is 5.97 Å². The Morgan fingerprint density at radius 1 is 1.47 bits per heavy atom. The average Bonchev–Trinajstić information content (AvgIpc) is 2.29. The molecule has 4 nitrogen and oxygen atoms in total. The highest BCUT2D eigenvalue weighted by molar-refractivity contribution is 5.75. The topological polar surface area (TPSA) is 55.6 Å². The molecule has 0 bridgehead atoms. The van der Waals surface area contributed by atoms with Gasteiger partial charge in [0.05, 0.1) is 7.11 Å². The van der Waals surface area contributed by atoms with E-state index < -0.39 is 6.04 Å². The van der Waals surface area contributed by atoms with E-state index in [2.05, 4.69) is 9.64 Å². The summed E-state index contributed by atoms with van der Waals surface area (Å²) in [5.41, 5.74) is 5.72. The van der Waals surface area contributed by atoms with Gasteiger partial charge in [-0.05, 0) is 19.9 Å². The first-order chi connectivity index (χ1) is 7.15. The molecule has 0 aromatic heterocycles. The van der Waals surface area contributed by atoms with Crippen LogP contribution in [0.5, 0.6) is 0 Å². The normalized spacial score (nSPS) is 20.3. The summed E-state index contributed by atoms with van der Waals surface area (Å²) in [6, 6.07) is 0.0800. The van der Waals surface area contributed by atoms with E-state index in [1.165, 1.54) is 39.2 Å². The summed E-state index contributed by atoms with van der Waals surface area (Å²) in [5.74, 6) is -0.322. The average molecular weight is 214 g/mol. The second-order valence-electron chi connectivity index (χ2n) is 4.36. The van der Waals surface area contributed by atoms with Gasteiger partial charge in [0, 0.05) is 12.6 Å². The SMILES string of the molecule is COC(=O)C(N)CN(C)C1CCCCC1. The molecule has 0 radical (unpaired) electrons. The Labute approximate surface area is 91.8 Å². The van der Waals surface area contributed by atoms with E-state index in [-0.39, 0.29) is 5.97 Å². The molecule has 1 aliphatic carbocycles. The first-order valence-corrected chi connectivity index (χ1v) is 5.68. The summed E-state index contributed by atoms with van der Waals surface area (Å²) in [6.45, 7) is 0.595. The van der Waals surface area contributed by atoms with E-state index in [9.17, 15) is 4.79 Å². The van der Waals surface area contributed by atoms with Crippen LogP contribution >= 0.6 is 0 Å². The zero-order valence-corrected chi connectivity index (χ0v) is 9.74. The third kappa shape index (κ3) is 3.80. The number of carbonyl (C=O) groups excluding carboxylic acids is 1. The molecule has 88 valence electrons. The second kappa shape index (κ2) is 6.08. The minimum atomic E-state index is -0.512. The maximum atomic E-state index is 11.2. The van der Waals surface area contributed by atoms with Gasteiger partial charge < -0.3 is 15.4 Å². The number of carbonyl (C=O) groups is 1. The lowest BCUT2D eigenvalue weighted by Crippen LogP contribution is -2.46. The van der Waals surface area contributed by atoms with Crippen molar-refractivity contribution < 1.29 is 9.53 Å². The quantitative estimate of drug-likeness (QED) is 0.702. The molecule has 0 amide bonds. The van der Waals surface area contributed by atoms with Gasteiger partial charge in [0.1, 0.15) is 6.04 Å². The number of nitrogens with zero attached hydrogens (tertiary/aromatic N) is 1. The van der Waals surface area contributed by atoms with Crippen molar-refractivity contribution in [3.8, 4) is 0 Å². The Bertz CT molecular complexity index is 203. The lowest BCUT2D eigenvalue weighted by atomic mass is 9.94. The molecule has 0 saturated heterocycles. The van der Waals surface area contributed by atoms with Crippen molar-refractivity contribution in [2.45, 2.75) is 44.2 Å². The monoisotopic (exact) mass is 214 g/mol. The Hall–Kier alpha value is -0.610. The molecule has 1 aliphatic rings. The van der Waals surface area contributed by atoms with Crippen LogP contribution in [0.25, 0.3) is 0 Å². The molecule has 1 saturated carbocycles. The molecule has 0 aromatic rings. The number of ether oxygens (including phenoxy) is 1. The molecule has 4 heteroatoms. The molecule has 0 spiro atoms. The molecule has 1 unspecified atom stereocenters. The molecule has 1 fully saturated rings. The molecule has 0 aromatic carbocycles. The van der Waals surface area contributed by atoms with Crippen LogP contribution < -0.4 is 5.73 Å². The van der Waals surface area contributed by atoms with Crippen molar-refractivity contribution in [3.05, 3.63) is 0 Å². The number of hydrogen-bond acceptors (Lipinski definition) is 4. The fraction of sp³-hybridized carbons (Fsp3) is 0.909. The maximum absolute atomic E-state index is 11.2. The van der Waals surface area contributed by atoms with Crippen LogP contribution in [0, 0.1) is 0 Å². The number of nitrogens with two attached hydrogens (primary N) is 1. The van der Waals surface area contributed by atoms with Gasteiger partial charge in [0.2, 0.25) is 0 Å². The van der Waals surface area contributed by atoms with Crippen LogP contribution in [-0.2, 0) is 9.53 Å². The lowest BCUT2D eigenvalue weighted by Gasteiger charge is -2.32. The number of likely N-dealkylation sites (N-methyl/N-ethyl adjacent to an activating group) is 1. The van der Waals surface area contributed by atoms with Gasteiger partial charge in [-0.2, -0.15) is 0 Å². The van der Waals surface area contributed by atoms with Crippen molar-refractivity contribution >= 4 is 5.97 Å². The Kier molecular flexibility index (Phi) is 5.05. The standard InChI is InChI=1S/C11H22N2O2/c1-13(8-10(12)11(14)15-2)9-6-4-3-5-7-9/h9-10H,3-8,12H2,1-2H3. The third-order valence-corrected chi connectivity index (χ3v) is 3.19. The maximum Gasteiger partial charge on any atom is 0.323 e. The highest BCUT2D eigenvalue weighted by Gasteiger charge is 2.22. The summed E-state index contributed by atoms with van der Waals surface area (Å²) in [6.07, 6.45) is 6.38. The molecule has 1 atom stereocenters. The van der Waals surface area contributed by atoms with E-state index in [0.29, 0.717) is 12.6 Å². The third-order valence-electron chi connectivity index (χ3n) is 3.19. The van der Waals surface area contributed by atoms with E-state index in [0.717, 1.165) is 0 Å². The van der Waals surface area contributed by atoms with Crippen molar-refractivity contribution in [1.29, 1.82) is 0 Å². The van der Waals surface area contributed by atoms with Gasteiger partial charge in [-0.25, -0.2) is 0 Å². The van der Waals surface area contributed by atoms with Crippen LogP contribution in [0.3, 0.4) is 0 Å². The minimum Gasteiger partial charge on any atom is -0.468 e. The van der Waals surface area contributed by atoms with Crippen molar-refractivity contribution in [1.82, 2.24) is 4.90 Å². The number of methoxy groups -OCH3 is 1. The molecule has 0 aliphatic heterocycles. The van der Waals surface area contributed by atoms with Crippen LogP contribution in [0.2, 0.25) is 0 Å². The number of rotatable bonds is 4. The Balaban J connectivity index is 2.33. The molecule has 15 heavy (non-hydrogen) atoms. The first kappa shape index (κ1) is 12.5. The summed E-state index contributed by atoms with van der Waals surface area (Å²) >= 11 is 0. The van der Waals surface area contributed by atoms with Gasteiger partial charge in [-0.15, -0.1) is 0 Å². The zero-order chi connectivity index (χ0) is 11.3. The summed E-state index contributed by atoms with van der Waals surface area (Å²) in [4.78, 5) is 13.4. The highest BCUT2D eigenvalue weighted by atomic mass is 16.5. The van der Waals surface area contributed by atoms with Gasteiger partial charge in [0.15, 0.2) is 0 Å². The van der Waals surface area contributed by atoms with E-state index in [1.54, 1.807) is 0 Å². The van der Waals surface area contributed by atoms with E-state index >= 15 is 0 Å². The largest absolute Gasteiger partial charge is 0.468 e. The minimum absolute atomic E-state index is 0.322. The van der Waals surface area contributed by atoms with Gasteiger partial charge in [0.25, 0.3) is 0 Å². The molecule has 2 N–H and O–H groups in total. The smallest absolute Gasteiger partial charge is 0.323 e. The first-order valence-electron chi connectivity index (χ1n) is 5.68. The fourth-order valence-electron chi connectivity index (χ4n) is 2.21. The van der Waals surface area contributed by atoms with Gasteiger partial charge in [-0.1, -0.05) is 19.3 Å². The van der Waals surface area contributed by atoms with Crippen molar-refractivity contribution in [2.24, 2.45) is 5.73 Å². The summed E-state index contributed by atoms with van der Waals surface area (Å²) < 4.78 is 4.61. The van der Waals surface area contributed by atoms with E-state index in [1.807, 2.05) is 7.05 Å². The van der Waals surface area contributed by atoms with Crippen LogP contribution in [0.1, 0.15) is 32.1 Å². The lowest BCUT2D eigenvalue weighted by molar-refractivity contribution is -0.142. The van der Waals surface area contributed by atoms with Crippen molar-refractivity contribution in [3.63, 3.8) is 0 Å². The predicted octanol–water partition coefficient (Wildman–Crippen LogP) is 0.751. The highest BCUT2D eigenvalue weighted by Crippen LogP contribution is 2.21. The van der Waals surface area contributed by atoms with Crippen LogP contribution in [0.4, 0.5) is 0 Å². The van der Waals surface area contributed by atoms with Crippen LogP contribution in [0.15, 0.2) is 0 Å². The molecular weight excluding hydrogens is 192 g/mol. The van der Waals surface area contributed by atoms with Gasteiger partial charge in [-0.3, -0.25) is 4.79 Å². The van der Waals surface area contributed by atoms with Crippen molar-refractivity contribution in [2.75, 3.05) is 20.7 Å². The second-order valence-corrected chi connectivity index (χ2v) is 4.36. The Morgan fingerprint density at radius 3 is 2.60 bits per heavy atom. The zero-order valence-electron chi connectivity index (χ0n) is 9.74. The molecule has 1 rings (SSSR count). The van der Waals surface area contributed by atoms with Crippen LogP contribution in [-0.4, -0.2) is 43.7 Å². The predicted molar refractivity (Wildman–Crippen MR) is 59.5 cm³/mol. The molecule has 0 heterocycles.